The van der Waals surface area contributed by atoms with Crippen molar-refractivity contribution in [2.24, 2.45) is 0 Å². The van der Waals surface area contributed by atoms with Crippen LogP contribution >= 0.6 is 0 Å². The zero-order valence-electron chi connectivity index (χ0n) is 13.4. The molecule has 0 radical (unpaired) electrons. The third-order valence-corrected chi connectivity index (χ3v) is 4.78. The minimum absolute atomic E-state index is 0.0501. The molecule has 2 aromatic carbocycles. The lowest BCUT2D eigenvalue weighted by atomic mass is 10.2. The van der Waals surface area contributed by atoms with E-state index in [9.17, 15) is 8.42 Å². The smallest absolute Gasteiger partial charge is 0.265 e. The fourth-order valence-corrected chi connectivity index (χ4v) is 3.49. The van der Waals surface area contributed by atoms with Gasteiger partial charge in [-0.25, -0.2) is 8.42 Å². The Kier molecular flexibility index (Phi) is 5.00. The first kappa shape index (κ1) is 17.0. The highest BCUT2D eigenvalue weighted by atomic mass is 32.2. The lowest BCUT2D eigenvalue weighted by Crippen LogP contribution is -2.14. The first-order chi connectivity index (χ1) is 10.9. The number of nitrogens with one attached hydrogen (secondary N) is 1. The van der Waals surface area contributed by atoms with Crippen LogP contribution in [0.25, 0.3) is 0 Å². The largest absolute Gasteiger partial charge is 0.497 e. The van der Waals surface area contributed by atoms with Gasteiger partial charge >= 0.3 is 0 Å². The quantitative estimate of drug-likeness (QED) is 0.877. The average Bonchev–Trinajstić information content (AvgIpc) is 2.54. The van der Waals surface area contributed by atoms with Crippen molar-refractivity contribution in [1.82, 2.24) is 0 Å². The second-order valence-corrected chi connectivity index (χ2v) is 6.41. The summed E-state index contributed by atoms with van der Waals surface area (Å²) in [4.78, 5) is 0.0501. The van der Waals surface area contributed by atoms with Gasteiger partial charge in [0.2, 0.25) is 0 Å². The van der Waals surface area contributed by atoms with Crippen molar-refractivity contribution in [1.29, 1.82) is 0 Å². The van der Waals surface area contributed by atoms with E-state index >= 15 is 0 Å². The molecule has 0 atom stereocenters. The molecule has 0 aliphatic carbocycles. The molecule has 0 saturated heterocycles. The zero-order valence-corrected chi connectivity index (χ0v) is 14.2. The number of benzene rings is 2. The Labute approximate surface area is 136 Å². The molecule has 7 heteroatoms. The maximum atomic E-state index is 12.6. The van der Waals surface area contributed by atoms with Gasteiger partial charge in [-0.3, -0.25) is 4.72 Å². The molecule has 0 unspecified atom stereocenters. The molecule has 2 aromatic rings. The number of rotatable bonds is 6. The fraction of sp³-hybridized carbons (Fsp3) is 0.250. The highest BCUT2D eigenvalue weighted by Crippen LogP contribution is 2.35. The Morgan fingerprint density at radius 3 is 2.04 bits per heavy atom. The van der Waals surface area contributed by atoms with Crippen molar-refractivity contribution in [3.05, 3.63) is 42.0 Å². The van der Waals surface area contributed by atoms with Crippen LogP contribution in [0.1, 0.15) is 5.56 Å². The van der Waals surface area contributed by atoms with Gasteiger partial charge in [0.05, 0.1) is 21.3 Å². The number of hydrogen-bond acceptors (Lipinski definition) is 5. The van der Waals surface area contributed by atoms with Gasteiger partial charge in [0, 0.05) is 11.3 Å². The third kappa shape index (κ3) is 3.50. The number of anilines is 1. The van der Waals surface area contributed by atoms with Crippen LogP contribution in [0.2, 0.25) is 0 Å². The second kappa shape index (κ2) is 6.78. The standard InChI is InChI=1S/C16H19NO5S/c1-11-14(21-3)9-10-15(16(11)22-4)23(18,19)17-12-5-7-13(20-2)8-6-12/h5-10,17H,1-4H3. The fourth-order valence-electron chi connectivity index (χ4n) is 2.20. The topological polar surface area (TPSA) is 73.9 Å². The number of hydrogen-bond donors (Lipinski definition) is 1. The first-order valence-electron chi connectivity index (χ1n) is 6.81. The minimum Gasteiger partial charge on any atom is -0.497 e. The summed E-state index contributed by atoms with van der Waals surface area (Å²) < 4.78 is 43.3. The Morgan fingerprint density at radius 2 is 1.52 bits per heavy atom. The molecule has 0 saturated carbocycles. The molecule has 124 valence electrons. The Bertz CT molecular complexity index is 785. The maximum absolute atomic E-state index is 12.6. The van der Waals surface area contributed by atoms with Crippen LogP contribution in [0, 0.1) is 6.92 Å². The Hall–Kier alpha value is -2.41. The molecule has 0 aromatic heterocycles. The van der Waals surface area contributed by atoms with Crippen molar-refractivity contribution in [2.45, 2.75) is 11.8 Å². The molecular weight excluding hydrogens is 318 g/mol. The first-order valence-corrected chi connectivity index (χ1v) is 8.29. The van der Waals surface area contributed by atoms with Crippen LogP contribution in [-0.4, -0.2) is 29.7 Å². The van der Waals surface area contributed by atoms with Crippen molar-refractivity contribution in [3.8, 4) is 17.2 Å². The lowest BCUT2D eigenvalue weighted by molar-refractivity contribution is 0.380. The third-order valence-electron chi connectivity index (χ3n) is 3.38. The van der Waals surface area contributed by atoms with Gasteiger partial charge in [0.25, 0.3) is 10.0 Å². The summed E-state index contributed by atoms with van der Waals surface area (Å²) in [5, 5.41) is 0. The minimum atomic E-state index is -3.79. The van der Waals surface area contributed by atoms with Gasteiger partial charge in [-0.05, 0) is 43.3 Å². The summed E-state index contributed by atoms with van der Waals surface area (Å²) >= 11 is 0. The molecule has 0 bridgehead atoms. The second-order valence-electron chi connectivity index (χ2n) is 4.76. The summed E-state index contributed by atoms with van der Waals surface area (Å²) in [6, 6.07) is 9.65. The molecule has 0 spiro atoms. The van der Waals surface area contributed by atoms with Gasteiger partial charge in [0.1, 0.15) is 22.1 Å². The molecule has 2 rings (SSSR count). The molecule has 6 nitrogen and oxygen atoms in total. The molecule has 0 heterocycles. The van der Waals surface area contributed by atoms with E-state index in [0.717, 1.165) is 0 Å². The average molecular weight is 337 g/mol. The van der Waals surface area contributed by atoms with Crippen LogP contribution in [0.4, 0.5) is 5.69 Å². The molecular formula is C16H19NO5S. The van der Waals surface area contributed by atoms with Gasteiger partial charge in [-0.2, -0.15) is 0 Å². The predicted octanol–water partition coefficient (Wildman–Crippen LogP) is 2.82. The van der Waals surface area contributed by atoms with Crippen molar-refractivity contribution < 1.29 is 22.6 Å². The van der Waals surface area contributed by atoms with Crippen molar-refractivity contribution >= 4 is 15.7 Å². The molecule has 23 heavy (non-hydrogen) atoms. The van der Waals surface area contributed by atoms with E-state index in [1.54, 1.807) is 44.4 Å². The summed E-state index contributed by atoms with van der Waals surface area (Å²) in [7, 11) is 0.695. The number of sulfonamides is 1. The summed E-state index contributed by atoms with van der Waals surface area (Å²) in [6.45, 7) is 1.74. The van der Waals surface area contributed by atoms with Crippen molar-refractivity contribution in [3.63, 3.8) is 0 Å². The molecule has 1 N–H and O–H groups in total. The van der Waals surface area contributed by atoms with E-state index in [0.29, 0.717) is 22.7 Å². The normalized spacial score (nSPS) is 11.0. The number of methoxy groups -OCH3 is 3. The van der Waals surface area contributed by atoms with E-state index in [-0.39, 0.29) is 10.6 Å². The molecule has 0 fully saturated rings. The van der Waals surface area contributed by atoms with Crippen LogP contribution in [0.3, 0.4) is 0 Å². The molecule has 0 amide bonds. The summed E-state index contributed by atoms with van der Waals surface area (Å²) in [5.41, 5.74) is 1.05. The maximum Gasteiger partial charge on any atom is 0.265 e. The van der Waals surface area contributed by atoms with Crippen LogP contribution in [0.15, 0.2) is 41.3 Å². The van der Waals surface area contributed by atoms with E-state index < -0.39 is 10.0 Å². The monoisotopic (exact) mass is 337 g/mol. The zero-order chi connectivity index (χ0) is 17.0. The Morgan fingerprint density at radius 1 is 0.870 bits per heavy atom. The van der Waals surface area contributed by atoms with Gasteiger partial charge in [0.15, 0.2) is 0 Å². The van der Waals surface area contributed by atoms with Gasteiger partial charge < -0.3 is 14.2 Å². The molecule has 0 aliphatic rings. The van der Waals surface area contributed by atoms with Crippen LogP contribution in [-0.2, 0) is 10.0 Å². The highest BCUT2D eigenvalue weighted by Gasteiger charge is 2.23. The van der Waals surface area contributed by atoms with E-state index in [2.05, 4.69) is 4.72 Å². The van der Waals surface area contributed by atoms with Crippen LogP contribution in [0.5, 0.6) is 17.2 Å². The lowest BCUT2D eigenvalue weighted by Gasteiger charge is -2.15. The van der Waals surface area contributed by atoms with Gasteiger partial charge in [-0.1, -0.05) is 0 Å². The predicted molar refractivity (Wildman–Crippen MR) is 88.1 cm³/mol. The molecule has 0 aliphatic heterocycles. The number of ether oxygens (including phenoxy) is 3. The summed E-state index contributed by atoms with van der Waals surface area (Å²) in [6.07, 6.45) is 0. The Balaban J connectivity index is 2.40. The van der Waals surface area contributed by atoms with E-state index in [1.165, 1.54) is 20.3 Å². The van der Waals surface area contributed by atoms with Crippen molar-refractivity contribution in [2.75, 3.05) is 26.1 Å². The SMILES string of the molecule is COc1ccc(NS(=O)(=O)c2ccc(OC)c(C)c2OC)cc1. The highest BCUT2D eigenvalue weighted by molar-refractivity contribution is 7.92. The van der Waals surface area contributed by atoms with E-state index in [4.69, 9.17) is 14.2 Å². The van der Waals surface area contributed by atoms with Gasteiger partial charge in [-0.15, -0.1) is 0 Å². The van der Waals surface area contributed by atoms with E-state index in [1.807, 2.05) is 0 Å². The van der Waals surface area contributed by atoms with Crippen LogP contribution < -0.4 is 18.9 Å². The summed E-state index contributed by atoms with van der Waals surface area (Å²) in [5.74, 6) is 1.46.